The highest BCUT2D eigenvalue weighted by Crippen LogP contribution is 1.90. The van der Waals surface area contributed by atoms with Gasteiger partial charge in [-0.05, 0) is 25.0 Å². The van der Waals surface area contributed by atoms with Crippen LogP contribution in [0.3, 0.4) is 0 Å². The molecule has 0 aliphatic carbocycles. The largest absolute Gasteiger partial charge is 0.396 e. The van der Waals surface area contributed by atoms with Crippen LogP contribution in [-0.4, -0.2) is 29.1 Å². The molecule has 1 heterocycles. The molecule has 0 saturated heterocycles. The van der Waals surface area contributed by atoms with Gasteiger partial charge in [-0.2, -0.15) is 0 Å². The molecule has 1 amide bonds. The number of aliphatic hydroxyl groups is 1. The van der Waals surface area contributed by atoms with Crippen LogP contribution < -0.4 is 10.9 Å². The maximum Gasteiger partial charge on any atom is 0.260 e. The van der Waals surface area contributed by atoms with E-state index in [1.807, 2.05) is 0 Å². The molecule has 1 aromatic rings. The number of rotatable bonds is 5. The summed E-state index contributed by atoms with van der Waals surface area (Å²) in [5.74, 6) is -0.380. The second kappa shape index (κ2) is 5.98. The van der Waals surface area contributed by atoms with Crippen molar-refractivity contribution in [3.05, 3.63) is 34.2 Å². The monoisotopic (exact) mass is 210 g/mol. The number of amides is 1. The van der Waals surface area contributed by atoms with Crippen LogP contribution in [0.4, 0.5) is 0 Å². The maximum atomic E-state index is 11.4. The van der Waals surface area contributed by atoms with Gasteiger partial charge in [0.05, 0.1) is 0 Å². The fourth-order valence-electron chi connectivity index (χ4n) is 1.13. The molecule has 15 heavy (non-hydrogen) atoms. The molecule has 5 nitrogen and oxygen atoms in total. The number of unbranched alkanes of at least 4 members (excludes halogenated alkanes) is 1. The number of hydrogen-bond acceptors (Lipinski definition) is 3. The van der Waals surface area contributed by atoms with Gasteiger partial charge in [-0.15, -0.1) is 0 Å². The van der Waals surface area contributed by atoms with Gasteiger partial charge in [-0.3, -0.25) is 9.59 Å². The molecule has 0 spiro atoms. The highest BCUT2D eigenvalue weighted by atomic mass is 16.3. The van der Waals surface area contributed by atoms with E-state index in [1.165, 1.54) is 12.3 Å². The predicted octanol–water partition coefficient (Wildman–Crippen LogP) is -0.123. The Bertz CT molecular complexity index is 373. The average Bonchev–Trinajstić information content (AvgIpc) is 2.25. The number of aromatic amines is 1. The first-order valence-electron chi connectivity index (χ1n) is 4.82. The van der Waals surface area contributed by atoms with Gasteiger partial charge in [0.2, 0.25) is 0 Å². The molecule has 0 aromatic carbocycles. The number of pyridine rings is 1. The van der Waals surface area contributed by atoms with Crippen LogP contribution in [0, 0.1) is 0 Å². The fraction of sp³-hybridized carbons (Fsp3) is 0.400. The number of hydrogen-bond donors (Lipinski definition) is 3. The zero-order chi connectivity index (χ0) is 11.1. The van der Waals surface area contributed by atoms with E-state index >= 15 is 0 Å². The Hall–Kier alpha value is -1.62. The van der Waals surface area contributed by atoms with Gasteiger partial charge in [-0.1, -0.05) is 0 Å². The van der Waals surface area contributed by atoms with Crippen molar-refractivity contribution in [2.75, 3.05) is 13.2 Å². The van der Waals surface area contributed by atoms with Gasteiger partial charge in [0.25, 0.3) is 11.5 Å². The first-order chi connectivity index (χ1) is 7.25. The lowest BCUT2D eigenvalue weighted by Crippen LogP contribution is -2.30. The standard InChI is InChI=1S/C10H14N2O3/c13-7-2-1-5-11-9(14)8-4-3-6-12-10(8)15/h3-4,6,13H,1-2,5,7H2,(H,11,14)(H,12,15). The van der Waals surface area contributed by atoms with E-state index in [4.69, 9.17) is 5.11 Å². The molecule has 5 heteroatoms. The van der Waals surface area contributed by atoms with E-state index in [2.05, 4.69) is 10.3 Å². The molecule has 0 radical (unpaired) electrons. The van der Waals surface area contributed by atoms with Crippen LogP contribution >= 0.6 is 0 Å². The van der Waals surface area contributed by atoms with Gasteiger partial charge in [-0.25, -0.2) is 0 Å². The molecule has 0 aliphatic rings. The first kappa shape index (κ1) is 11.5. The van der Waals surface area contributed by atoms with E-state index in [0.717, 1.165) is 0 Å². The van der Waals surface area contributed by atoms with Crippen LogP contribution in [0.25, 0.3) is 0 Å². The van der Waals surface area contributed by atoms with Crippen molar-refractivity contribution in [2.24, 2.45) is 0 Å². The second-order valence-corrected chi connectivity index (χ2v) is 3.10. The van der Waals surface area contributed by atoms with Crippen molar-refractivity contribution in [1.29, 1.82) is 0 Å². The first-order valence-corrected chi connectivity index (χ1v) is 4.82. The van der Waals surface area contributed by atoms with Crippen LogP contribution in [0.2, 0.25) is 0 Å². The summed E-state index contributed by atoms with van der Waals surface area (Å²) in [6.07, 6.45) is 2.82. The lowest BCUT2D eigenvalue weighted by atomic mass is 10.2. The molecule has 82 valence electrons. The normalized spacial score (nSPS) is 9.93. The van der Waals surface area contributed by atoms with E-state index in [-0.39, 0.29) is 18.1 Å². The molecule has 0 saturated carbocycles. The van der Waals surface area contributed by atoms with E-state index in [9.17, 15) is 9.59 Å². The minimum atomic E-state index is -0.392. The third kappa shape index (κ3) is 3.55. The smallest absolute Gasteiger partial charge is 0.260 e. The summed E-state index contributed by atoms with van der Waals surface area (Å²) in [6.45, 7) is 0.579. The minimum Gasteiger partial charge on any atom is -0.396 e. The number of H-pyrrole nitrogens is 1. The van der Waals surface area contributed by atoms with Crippen molar-refractivity contribution in [2.45, 2.75) is 12.8 Å². The quantitative estimate of drug-likeness (QED) is 0.592. The van der Waals surface area contributed by atoms with Crippen molar-refractivity contribution in [3.8, 4) is 0 Å². The molecule has 1 aromatic heterocycles. The van der Waals surface area contributed by atoms with E-state index < -0.39 is 5.56 Å². The van der Waals surface area contributed by atoms with Crippen molar-refractivity contribution in [1.82, 2.24) is 10.3 Å². The van der Waals surface area contributed by atoms with Crippen LogP contribution in [0.15, 0.2) is 23.1 Å². The zero-order valence-corrected chi connectivity index (χ0v) is 8.32. The number of carbonyl (C=O) groups is 1. The van der Waals surface area contributed by atoms with Crippen LogP contribution in [-0.2, 0) is 0 Å². The summed E-state index contributed by atoms with van der Waals surface area (Å²) in [7, 11) is 0. The van der Waals surface area contributed by atoms with Crippen LogP contribution in [0.5, 0.6) is 0 Å². The summed E-state index contributed by atoms with van der Waals surface area (Å²) >= 11 is 0. The van der Waals surface area contributed by atoms with Gasteiger partial charge in [0.1, 0.15) is 5.56 Å². The highest BCUT2D eigenvalue weighted by Gasteiger charge is 2.07. The van der Waals surface area contributed by atoms with Crippen LogP contribution in [0.1, 0.15) is 23.2 Å². The molecular weight excluding hydrogens is 196 g/mol. The molecular formula is C10H14N2O3. The third-order valence-corrected chi connectivity index (χ3v) is 1.93. The Labute approximate surface area is 87.1 Å². The number of nitrogens with one attached hydrogen (secondary N) is 2. The lowest BCUT2D eigenvalue weighted by molar-refractivity contribution is 0.0950. The van der Waals surface area contributed by atoms with E-state index in [0.29, 0.717) is 19.4 Å². The minimum absolute atomic E-state index is 0.112. The molecule has 0 fully saturated rings. The van der Waals surface area contributed by atoms with Gasteiger partial charge in [0.15, 0.2) is 0 Å². The highest BCUT2D eigenvalue weighted by molar-refractivity contribution is 5.93. The predicted molar refractivity (Wildman–Crippen MR) is 55.7 cm³/mol. The third-order valence-electron chi connectivity index (χ3n) is 1.93. The van der Waals surface area contributed by atoms with Gasteiger partial charge in [0, 0.05) is 19.3 Å². The summed E-state index contributed by atoms with van der Waals surface area (Å²) in [5.41, 5.74) is -0.279. The van der Waals surface area contributed by atoms with Gasteiger partial charge < -0.3 is 15.4 Å². The van der Waals surface area contributed by atoms with Crippen molar-refractivity contribution < 1.29 is 9.90 Å². The summed E-state index contributed by atoms with van der Waals surface area (Å²) < 4.78 is 0. The Balaban J connectivity index is 2.48. The molecule has 0 bridgehead atoms. The molecule has 1 rings (SSSR count). The summed E-state index contributed by atoms with van der Waals surface area (Å²) in [5, 5.41) is 11.1. The van der Waals surface area contributed by atoms with E-state index in [1.54, 1.807) is 6.07 Å². The fourth-order valence-corrected chi connectivity index (χ4v) is 1.13. The second-order valence-electron chi connectivity index (χ2n) is 3.10. The number of aliphatic hydroxyl groups excluding tert-OH is 1. The Kier molecular flexibility index (Phi) is 4.56. The summed E-state index contributed by atoms with van der Waals surface area (Å²) in [6, 6.07) is 3.07. The Morgan fingerprint density at radius 2 is 2.27 bits per heavy atom. The molecule has 0 aliphatic heterocycles. The lowest BCUT2D eigenvalue weighted by Gasteiger charge is -2.03. The zero-order valence-electron chi connectivity index (χ0n) is 8.32. The Morgan fingerprint density at radius 3 is 2.93 bits per heavy atom. The molecule has 0 atom stereocenters. The molecule has 0 unspecified atom stereocenters. The van der Waals surface area contributed by atoms with Crippen molar-refractivity contribution in [3.63, 3.8) is 0 Å². The average molecular weight is 210 g/mol. The van der Waals surface area contributed by atoms with Crippen molar-refractivity contribution >= 4 is 5.91 Å². The maximum absolute atomic E-state index is 11.4. The Morgan fingerprint density at radius 1 is 1.47 bits per heavy atom. The van der Waals surface area contributed by atoms with Gasteiger partial charge >= 0.3 is 0 Å². The summed E-state index contributed by atoms with van der Waals surface area (Å²) in [4.78, 5) is 25.1. The SMILES string of the molecule is O=C(NCCCCO)c1ccc[nH]c1=O. The number of carbonyl (C=O) groups excluding carboxylic acids is 1. The molecule has 3 N–H and O–H groups in total. The number of aromatic nitrogens is 1. The topological polar surface area (TPSA) is 82.2 Å².